The van der Waals surface area contributed by atoms with Crippen LogP contribution in [0.25, 0.3) is 0 Å². The lowest BCUT2D eigenvalue weighted by atomic mass is 10.2. The second kappa shape index (κ2) is 9.32. The number of hydrogen-bond donors (Lipinski definition) is 1. The maximum atomic E-state index is 9.84. The monoisotopic (exact) mass is 399 g/mol. The second-order valence-electron chi connectivity index (χ2n) is 7.35. The van der Waals surface area contributed by atoms with E-state index in [2.05, 4.69) is 41.2 Å². The average Bonchev–Trinajstić information content (AvgIpc) is 3.48. The largest absolute Gasteiger partial charge is 0.438 e. The Bertz CT molecular complexity index is 850. The van der Waals surface area contributed by atoms with Crippen molar-refractivity contribution in [1.82, 2.24) is 9.88 Å². The van der Waals surface area contributed by atoms with Gasteiger partial charge in [-0.15, -0.1) is 11.8 Å². The number of aryl methyl sites for hydroxylation is 2. The molecule has 0 unspecified atom stereocenters. The van der Waals surface area contributed by atoms with Gasteiger partial charge in [0.1, 0.15) is 5.75 Å². The first-order valence-corrected chi connectivity index (χ1v) is 11.1. The molecule has 1 aromatic heterocycles. The van der Waals surface area contributed by atoms with E-state index in [0.29, 0.717) is 23.2 Å². The molecule has 1 N–H and O–H groups in total. The number of rotatable bonds is 8. The molecule has 28 heavy (non-hydrogen) atoms. The van der Waals surface area contributed by atoms with Crippen molar-refractivity contribution >= 4 is 17.6 Å². The van der Waals surface area contributed by atoms with Crippen LogP contribution in [0.5, 0.6) is 11.6 Å². The molecular formula is C22H29N3O2S. The smallest absolute Gasteiger partial charge is 0.230 e. The fraction of sp³-hybridized carbons (Fsp3) is 0.455. The standard InChI is InChI=1S/C22H29N3O2S/c1-5-12-25(14-17-7-8-17)21(24-26)19-10-6-16(3)23-22(19)27-18-9-11-20(28-4)15(2)13-18/h6,9-11,13,17,26H,5,7-8,12,14H2,1-4H3/b24-21-. The Kier molecular flexibility index (Phi) is 6.83. The van der Waals surface area contributed by atoms with Crippen LogP contribution in [0.15, 0.2) is 40.4 Å². The Morgan fingerprint density at radius 1 is 1.29 bits per heavy atom. The van der Waals surface area contributed by atoms with Gasteiger partial charge in [-0.25, -0.2) is 4.98 Å². The van der Waals surface area contributed by atoms with Gasteiger partial charge in [0.2, 0.25) is 5.88 Å². The van der Waals surface area contributed by atoms with E-state index < -0.39 is 0 Å². The Balaban J connectivity index is 1.93. The molecule has 0 radical (unpaired) electrons. The third kappa shape index (κ3) is 4.98. The maximum Gasteiger partial charge on any atom is 0.230 e. The van der Waals surface area contributed by atoms with Crippen molar-refractivity contribution in [2.75, 3.05) is 19.3 Å². The second-order valence-corrected chi connectivity index (χ2v) is 8.20. The lowest BCUT2D eigenvalue weighted by Gasteiger charge is -2.25. The van der Waals surface area contributed by atoms with Crippen molar-refractivity contribution in [1.29, 1.82) is 0 Å². The third-order valence-corrected chi connectivity index (χ3v) is 5.78. The van der Waals surface area contributed by atoms with Gasteiger partial charge in [0, 0.05) is 23.7 Å². The number of amidine groups is 1. The Labute approximate surface area is 171 Å². The molecule has 6 heteroatoms. The number of ether oxygens (including phenoxy) is 1. The molecule has 2 aromatic rings. The van der Waals surface area contributed by atoms with Crippen molar-refractivity contribution < 1.29 is 9.94 Å². The molecule has 1 aromatic carbocycles. The molecule has 1 aliphatic carbocycles. The van der Waals surface area contributed by atoms with E-state index >= 15 is 0 Å². The molecule has 3 rings (SSSR count). The lowest BCUT2D eigenvalue weighted by Crippen LogP contribution is -2.34. The fourth-order valence-corrected chi connectivity index (χ4v) is 3.85. The summed E-state index contributed by atoms with van der Waals surface area (Å²) < 4.78 is 6.16. The molecule has 1 aliphatic rings. The summed E-state index contributed by atoms with van der Waals surface area (Å²) in [6.45, 7) is 7.88. The molecule has 1 saturated carbocycles. The van der Waals surface area contributed by atoms with Crippen LogP contribution in [0.4, 0.5) is 0 Å². The average molecular weight is 400 g/mol. The SMILES string of the molecule is CCCN(CC1CC1)/C(=N\O)c1ccc(C)nc1Oc1ccc(SC)c(C)c1. The van der Waals surface area contributed by atoms with Gasteiger partial charge in [-0.1, -0.05) is 12.1 Å². The normalized spacial score (nSPS) is 14.2. The van der Waals surface area contributed by atoms with Gasteiger partial charge in [-0.3, -0.25) is 0 Å². The highest BCUT2D eigenvalue weighted by atomic mass is 32.2. The number of pyridine rings is 1. The minimum atomic E-state index is 0.473. The minimum absolute atomic E-state index is 0.473. The van der Waals surface area contributed by atoms with Gasteiger partial charge < -0.3 is 14.8 Å². The van der Waals surface area contributed by atoms with E-state index in [1.54, 1.807) is 11.8 Å². The first kappa shape index (κ1) is 20.5. The molecule has 0 saturated heterocycles. The van der Waals surface area contributed by atoms with Crippen molar-refractivity contribution in [3.05, 3.63) is 47.2 Å². The van der Waals surface area contributed by atoms with Crippen LogP contribution in [0.2, 0.25) is 0 Å². The molecule has 0 bridgehead atoms. The van der Waals surface area contributed by atoms with Crippen LogP contribution in [-0.2, 0) is 0 Å². The number of nitrogens with zero attached hydrogens (tertiary/aromatic N) is 3. The predicted octanol–water partition coefficient (Wildman–Crippen LogP) is 5.47. The van der Waals surface area contributed by atoms with Crippen LogP contribution in [0, 0.1) is 19.8 Å². The number of thioether (sulfide) groups is 1. The predicted molar refractivity (Wildman–Crippen MR) is 115 cm³/mol. The third-order valence-electron chi connectivity index (χ3n) is 4.88. The molecule has 0 atom stereocenters. The van der Waals surface area contributed by atoms with Crippen LogP contribution in [0.1, 0.15) is 43.0 Å². The van der Waals surface area contributed by atoms with Gasteiger partial charge in [-0.05, 0) is 81.2 Å². The zero-order valence-corrected chi connectivity index (χ0v) is 17.9. The zero-order valence-electron chi connectivity index (χ0n) is 17.1. The lowest BCUT2D eigenvalue weighted by molar-refractivity contribution is 0.296. The Morgan fingerprint density at radius 3 is 2.68 bits per heavy atom. The Morgan fingerprint density at radius 2 is 2.07 bits per heavy atom. The number of hydrogen-bond acceptors (Lipinski definition) is 5. The molecule has 150 valence electrons. The molecule has 1 heterocycles. The summed E-state index contributed by atoms with van der Waals surface area (Å²) in [7, 11) is 0. The zero-order chi connectivity index (χ0) is 20.1. The van der Waals surface area contributed by atoms with E-state index in [9.17, 15) is 5.21 Å². The maximum absolute atomic E-state index is 9.84. The summed E-state index contributed by atoms with van der Waals surface area (Å²) in [5, 5.41) is 13.5. The van der Waals surface area contributed by atoms with Crippen LogP contribution < -0.4 is 4.74 Å². The first-order chi connectivity index (χ1) is 13.5. The number of oxime groups is 1. The summed E-state index contributed by atoms with van der Waals surface area (Å²) in [5.74, 6) is 2.43. The van der Waals surface area contributed by atoms with Crippen molar-refractivity contribution in [3.8, 4) is 11.6 Å². The summed E-state index contributed by atoms with van der Waals surface area (Å²) in [5.41, 5.74) is 2.74. The van der Waals surface area contributed by atoms with E-state index in [4.69, 9.17) is 4.74 Å². The minimum Gasteiger partial charge on any atom is -0.438 e. The molecule has 5 nitrogen and oxygen atoms in total. The van der Waals surface area contributed by atoms with Crippen LogP contribution in [0.3, 0.4) is 0 Å². The topological polar surface area (TPSA) is 58.0 Å². The van der Waals surface area contributed by atoms with E-state index in [1.807, 2.05) is 31.2 Å². The van der Waals surface area contributed by atoms with Gasteiger partial charge in [0.15, 0.2) is 5.84 Å². The number of benzene rings is 1. The van der Waals surface area contributed by atoms with Gasteiger partial charge in [-0.2, -0.15) is 0 Å². The molecule has 0 spiro atoms. The fourth-order valence-electron chi connectivity index (χ4n) is 3.26. The highest BCUT2D eigenvalue weighted by Crippen LogP contribution is 2.32. The molecule has 0 aliphatic heterocycles. The van der Waals surface area contributed by atoms with E-state index in [0.717, 1.165) is 36.5 Å². The summed E-state index contributed by atoms with van der Waals surface area (Å²) >= 11 is 1.72. The van der Waals surface area contributed by atoms with E-state index in [1.165, 1.54) is 17.7 Å². The van der Waals surface area contributed by atoms with Crippen molar-refractivity contribution in [2.24, 2.45) is 11.1 Å². The van der Waals surface area contributed by atoms with Gasteiger partial charge in [0.05, 0.1) is 5.56 Å². The summed E-state index contributed by atoms with van der Waals surface area (Å²) in [6.07, 6.45) is 5.54. The summed E-state index contributed by atoms with van der Waals surface area (Å²) in [4.78, 5) is 7.98. The van der Waals surface area contributed by atoms with Gasteiger partial charge >= 0.3 is 0 Å². The molecular weight excluding hydrogens is 370 g/mol. The van der Waals surface area contributed by atoms with Crippen LogP contribution >= 0.6 is 11.8 Å². The van der Waals surface area contributed by atoms with Crippen molar-refractivity contribution in [2.45, 2.75) is 44.9 Å². The Hall–Kier alpha value is -2.21. The quantitative estimate of drug-likeness (QED) is 0.210. The highest BCUT2D eigenvalue weighted by molar-refractivity contribution is 7.98. The van der Waals surface area contributed by atoms with E-state index in [-0.39, 0.29) is 0 Å². The highest BCUT2D eigenvalue weighted by Gasteiger charge is 2.28. The summed E-state index contributed by atoms with van der Waals surface area (Å²) in [6, 6.07) is 9.89. The molecule has 0 amide bonds. The number of aromatic nitrogens is 1. The van der Waals surface area contributed by atoms with Crippen molar-refractivity contribution in [3.63, 3.8) is 0 Å². The van der Waals surface area contributed by atoms with Gasteiger partial charge in [0.25, 0.3) is 0 Å². The van der Waals surface area contributed by atoms with Crippen LogP contribution in [-0.4, -0.2) is 40.3 Å². The first-order valence-electron chi connectivity index (χ1n) is 9.83. The molecule has 1 fully saturated rings.